The summed E-state index contributed by atoms with van der Waals surface area (Å²) in [5, 5.41) is 9.88. The summed E-state index contributed by atoms with van der Waals surface area (Å²) in [7, 11) is 2.60. The first-order chi connectivity index (χ1) is 14.7. The molecule has 0 spiro atoms. The van der Waals surface area contributed by atoms with Gasteiger partial charge in [-0.2, -0.15) is 0 Å². The Balaban J connectivity index is 1.76. The minimum atomic E-state index is 0.433. The fraction of sp³-hybridized carbons (Fsp3) is 1.00. The molecule has 2 fully saturated rings. The lowest BCUT2D eigenvalue weighted by molar-refractivity contribution is 0.165. The van der Waals surface area contributed by atoms with Crippen molar-refractivity contribution in [2.45, 2.75) is 142 Å². The van der Waals surface area contributed by atoms with Crippen molar-refractivity contribution in [3.05, 3.63) is 0 Å². The topological polar surface area (TPSA) is 20.2 Å². The number of hydrogen-bond acceptors (Lipinski definition) is 1. The zero-order chi connectivity index (χ0) is 21.4. The van der Waals surface area contributed by atoms with E-state index in [4.69, 9.17) is 0 Å². The molecule has 5 atom stereocenters. The van der Waals surface area contributed by atoms with Crippen molar-refractivity contribution in [2.24, 2.45) is 29.6 Å². The quantitative estimate of drug-likeness (QED) is 0.423. The van der Waals surface area contributed by atoms with Crippen LogP contribution in [0.2, 0.25) is 12.6 Å². The smallest absolute Gasteiger partial charge is 0.109 e. The molecule has 1 aliphatic carbocycles. The first-order valence-electron chi connectivity index (χ1n) is 14.1. The molecule has 1 heterocycles. The van der Waals surface area contributed by atoms with Gasteiger partial charge in [-0.05, 0) is 49.4 Å². The van der Waals surface area contributed by atoms with Crippen LogP contribution < -0.4 is 0 Å². The maximum absolute atomic E-state index is 9.88. The molecule has 1 N–H and O–H groups in total. The van der Waals surface area contributed by atoms with E-state index in [0.717, 1.165) is 23.7 Å². The normalized spacial score (nSPS) is 35.2. The summed E-state index contributed by atoms with van der Waals surface area (Å²) in [6, 6.07) is 0. The van der Waals surface area contributed by atoms with Crippen molar-refractivity contribution < 1.29 is 5.11 Å². The largest absolute Gasteiger partial charge is 0.396 e. The SMILES string of the molecule is CC1C[B]CC[C@H](C)CCCCCCCCCCCCCC2C(CO)CCC2CC1. The number of rotatable bonds is 1. The van der Waals surface area contributed by atoms with Crippen LogP contribution in [0, 0.1) is 29.6 Å². The van der Waals surface area contributed by atoms with Gasteiger partial charge in [-0.15, -0.1) is 0 Å². The lowest BCUT2D eigenvalue weighted by atomic mass is 9.64. The predicted octanol–water partition coefficient (Wildman–Crippen LogP) is 8.69. The van der Waals surface area contributed by atoms with Crippen molar-refractivity contribution in [3.8, 4) is 0 Å². The van der Waals surface area contributed by atoms with E-state index in [1.165, 1.54) is 128 Å². The molecule has 30 heavy (non-hydrogen) atoms. The second-order valence-electron chi connectivity index (χ2n) is 11.3. The summed E-state index contributed by atoms with van der Waals surface area (Å²) < 4.78 is 0. The highest BCUT2D eigenvalue weighted by Gasteiger charge is 2.34. The van der Waals surface area contributed by atoms with Crippen LogP contribution >= 0.6 is 0 Å². The summed E-state index contributed by atoms with van der Waals surface area (Å²) in [6.07, 6.45) is 28.3. The summed E-state index contributed by atoms with van der Waals surface area (Å²) in [5.41, 5.74) is 0. The Labute approximate surface area is 190 Å². The molecule has 0 bridgehead atoms. The van der Waals surface area contributed by atoms with Gasteiger partial charge in [0.2, 0.25) is 0 Å². The standard InChI is InChI=1S/C28H54BO/c1-24-14-12-10-8-6-4-3-5-7-9-11-13-15-28-26(18-19-27(28)23-30)17-16-25(2)22-29-21-20-24/h24-28,30H,3-23H2,1-2H3/t24-,25?,26?,27?,28?/m1/s1. The van der Waals surface area contributed by atoms with Crippen molar-refractivity contribution in [2.75, 3.05) is 6.61 Å². The second-order valence-corrected chi connectivity index (χ2v) is 11.3. The van der Waals surface area contributed by atoms with Crippen molar-refractivity contribution in [1.29, 1.82) is 0 Å². The van der Waals surface area contributed by atoms with E-state index in [9.17, 15) is 5.11 Å². The van der Waals surface area contributed by atoms with Crippen LogP contribution in [-0.4, -0.2) is 19.0 Å². The van der Waals surface area contributed by atoms with Gasteiger partial charge in [0.25, 0.3) is 0 Å². The van der Waals surface area contributed by atoms with Gasteiger partial charge in [-0.25, -0.2) is 0 Å². The highest BCUT2D eigenvalue weighted by atomic mass is 16.3. The molecule has 2 aliphatic rings. The van der Waals surface area contributed by atoms with Crippen LogP contribution in [0.5, 0.6) is 0 Å². The first-order valence-corrected chi connectivity index (χ1v) is 14.1. The van der Waals surface area contributed by atoms with Gasteiger partial charge in [0.1, 0.15) is 7.28 Å². The molecule has 2 rings (SSSR count). The third kappa shape index (κ3) is 11.1. The van der Waals surface area contributed by atoms with Crippen LogP contribution in [0.25, 0.3) is 0 Å². The Kier molecular flexibility index (Phi) is 14.6. The van der Waals surface area contributed by atoms with Crippen LogP contribution in [0.15, 0.2) is 0 Å². The average molecular weight is 418 g/mol. The monoisotopic (exact) mass is 417 g/mol. The highest BCUT2D eigenvalue weighted by molar-refractivity contribution is 6.35. The Bertz CT molecular complexity index is 398. The lowest BCUT2D eigenvalue weighted by Gasteiger charge is -2.25. The fourth-order valence-corrected chi connectivity index (χ4v) is 6.33. The lowest BCUT2D eigenvalue weighted by Crippen LogP contribution is -2.19. The number of aliphatic hydroxyl groups is 1. The second kappa shape index (κ2) is 16.6. The highest BCUT2D eigenvalue weighted by Crippen LogP contribution is 2.43. The minimum absolute atomic E-state index is 0.433. The van der Waals surface area contributed by atoms with E-state index < -0.39 is 0 Å². The van der Waals surface area contributed by atoms with Gasteiger partial charge >= 0.3 is 0 Å². The molecule has 175 valence electrons. The van der Waals surface area contributed by atoms with E-state index in [1.807, 2.05) is 0 Å². The molecule has 0 aromatic heterocycles. The Morgan fingerprint density at radius 1 is 0.600 bits per heavy atom. The molecular weight excluding hydrogens is 363 g/mol. The molecule has 1 saturated carbocycles. The van der Waals surface area contributed by atoms with Gasteiger partial charge in [0.15, 0.2) is 0 Å². The predicted molar refractivity (Wildman–Crippen MR) is 134 cm³/mol. The zero-order valence-electron chi connectivity index (χ0n) is 20.8. The van der Waals surface area contributed by atoms with Crippen molar-refractivity contribution >= 4 is 7.28 Å². The molecule has 1 radical (unpaired) electrons. The summed E-state index contributed by atoms with van der Waals surface area (Å²) in [6.45, 7) is 5.37. The van der Waals surface area contributed by atoms with Gasteiger partial charge in [-0.1, -0.05) is 122 Å². The van der Waals surface area contributed by atoms with Crippen LogP contribution in [0.3, 0.4) is 0 Å². The van der Waals surface area contributed by atoms with E-state index in [0.29, 0.717) is 12.5 Å². The molecule has 0 aromatic rings. The molecule has 1 saturated heterocycles. The summed E-state index contributed by atoms with van der Waals surface area (Å²) in [5.74, 6) is 4.07. The van der Waals surface area contributed by atoms with Crippen molar-refractivity contribution in [3.63, 3.8) is 0 Å². The number of aliphatic hydroxyl groups excluding tert-OH is 1. The minimum Gasteiger partial charge on any atom is -0.396 e. The van der Waals surface area contributed by atoms with Crippen molar-refractivity contribution in [1.82, 2.24) is 0 Å². The van der Waals surface area contributed by atoms with Gasteiger partial charge < -0.3 is 5.11 Å². The molecule has 0 amide bonds. The third-order valence-electron chi connectivity index (χ3n) is 8.55. The Hall–Kier alpha value is 0.0249. The van der Waals surface area contributed by atoms with Crippen LogP contribution in [0.4, 0.5) is 0 Å². The molecule has 4 unspecified atom stereocenters. The average Bonchev–Trinajstić information content (AvgIpc) is 3.14. The first kappa shape index (κ1) is 26.3. The van der Waals surface area contributed by atoms with Gasteiger partial charge in [0.05, 0.1) is 0 Å². The number of fused-ring (bicyclic) bond motifs is 1. The molecular formula is C28H54BO. The molecule has 2 heteroatoms. The van der Waals surface area contributed by atoms with E-state index in [1.54, 1.807) is 0 Å². The Morgan fingerprint density at radius 2 is 1.17 bits per heavy atom. The summed E-state index contributed by atoms with van der Waals surface area (Å²) in [4.78, 5) is 0. The third-order valence-corrected chi connectivity index (χ3v) is 8.55. The van der Waals surface area contributed by atoms with E-state index >= 15 is 0 Å². The maximum Gasteiger partial charge on any atom is 0.109 e. The molecule has 1 nitrogen and oxygen atoms in total. The fourth-order valence-electron chi connectivity index (χ4n) is 6.33. The van der Waals surface area contributed by atoms with Gasteiger partial charge in [0, 0.05) is 6.61 Å². The molecule has 0 aromatic carbocycles. The van der Waals surface area contributed by atoms with Crippen LogP contribution in [-0.2, 0) is 0 Å². The van der Waals surface area contributed by atoms with Crippen LogP contribution in [0.1, 0.15) is 129 Å². The van der Waals surface area contributed by atoms with E-state index in [-0.39, 0.29) is 0 Å². The maximum atomic E-state index is 9.88. The number of hydrogen-bond donors (Lipinski definition) is 1. The Morgan fingerprint density at radius 3 is 1.80 bits per heavy atom. The van der Waals surface area contributed by atoms with E-state index in [2.05, 4.69) is 21.1 Å². The van der Waals surface area contributed by atoms with Gasteiger partial charge in [-0.3, -0.25) is 0 Å². The summed E-state index contributed by atoms with van der Waals surface area (Å²) >= 11 is 0. The molecule has 1 aliphatic heterocycles. The zero-order valence-corrected chi connectivity index (χ0v) is 20.8.